The highest BCUT2D eigenvalue weighted by molar-refractivity contribution is 5.30. The molecule has 2 nitrogen and oxygen atoms in total. The fourth-order valence-corrected chi connectivity index (χ4v) is 2.30. The highest BCUT2D eigenvalue weighted by atomic mass is 19.4. The second-order valence-electron chi connectivity index (χ2n) is 4.90. The molecule has 1 aromatic carbocycles. The Hall–Kier alpha value is -1.14. The molecule has 0 bridgehead atoms. The molecule has 2 rings (SSSR count). The predicted molar refractivity (Wildman–Crippen MR) is 60.0 cm³/mol. The third-order valence-electron chi connectivity index (χ3n) is 3.44. The first kappa shape index (κ1) is 14.3. The van der Waals surface area contributed by atoms with Crippen molar-refractivity contribution in [3.63, 3.8) is 0 Å². The summed E-state index contributed by atoms with van der Waals surface area (Å²) in [4.78, 5) is 0. The van der Waals surface area contributed by atoms with Crippen molar-refractivity contribution < 1.29 is 27.4 Å². The summed E-state index contributed by atoms with van der Waals surface area (Å²) in [6, 6.07) is 2.52. The van der Waals surface area contributed by atoms with Crippen LogP contribution in [0.1, 0.15) is 37.0 Å². The molecule has 0 saturated carbocycles. The number of aliphatic hydroxyl groups is 1. The number of ether oxygens (including phenoxy) is 1. The Labute approximate surface area is 108 Å². The monoisotopic (exact) mass is 278 g/mol. The number of alkyl halides is 3. The molecule has 0 radical (unpaired) electrons. The maximum absolute atomic E-state index is 13.2. The Morgan fingerprint density at radius 1 is 1.37 bits per heavy atom. The van der Waals surface area contributed by atoms with Crippen LogP contribution in [-0.2, 0) is 10.9 Å². The average Bonchev–Trinajstić information content (AvgIpc) is 2.76. The summed E-state index contributed by atoms with van der Waals surface area (Å²) in [5, 5.41) is 10.1. The molecule has 1 N–H and O–H groups in total. The van der Waals surface area contributed by atoms with Gasteiger partial charge in [-0.2, -0.15) is 13.2 Å². The molecular weight excluding hydrogens is 264 g/mol. The molecule has 106 valence electrons. The normalized spacial score (nSPS) is 25.6. The largest absolute Gasteiger partial charge is 0.419 e. The van der Waals surface area contributed by atoms with E-state index in [9.17, 15) is 22.7 Å². The lowest BCUT2D eigenvalue weighted by molar-refractivity contribution is -0.140. The Balaban J connectivity index is 2.36. The summed E-state index contributed by atoms with van der Waals surface area (Å²) < 4.78 is 56.4. The van der Waals surface area contributed by atoms with E-state index < -0.39 is 29.3 Å². The second kappa shape index (κ2) is 4.76. The lowest BCUT2D eigenvalue weighted by Crippen LogP contribution is -2.32. The quantitative estimate of drug-likeness (QED) is 0.840. The van der Waals surface area contributed by atoms with Crippen LogP contribution in [0.5, 0.6) is 0 Å². The summed E-state index contributed by atoms with van der Waals surface area (Å²) >= 11 is 0. The molecule has 0 aliphatic carbocycles. The SMILES string of the molecule is CC1(C(O)c2ccc(F)c(C(F)(F)F)c2)CCCO1. The van der Waals surface area contributed by atoms with Crippen LogP contribution >= 0.6 is 0 Å². The van der Waals surface area contributed by atoms with Gasteiger partial charge >= 0.3 is 6.18 Å². The van der Waals surface area contributed by atoms with Crippen LogP contribution in [-0.4, -0.2) is 17.3 Å². The topological polar surface area (TPSA) is 29.5 Å². The predicted octanol–water partition coefficient (Wildman–Crippen LogP) is 3.45. The van der Waals surface area contributed by atoms with E-state index in [1.807, 2.05) is 0 Å². The molecule has 0 spiro atoms. The minimum atomic E-state index is -4.78. The van der Waals surface area contributed by atoms with Crippen molar-refractivity contribution >= 4 is 0 Å². The van der Waals surface area contributed by atoms with Gasteiger partial charge in [0.1, 0.15) is 11.9 Å². The van der Waals surface area contributed by atoms with E-state index in [1.165, 1.54) is 0 Å². The van der Waals surface area contributed by atoms with Gasteiger partial charge in [-0.1, -0.05) is 6.07 Å². The molecule has 0 aromatic heterocycles. The molecule has 1 fully saturated rings. The van der Waals surface area contributed by atoms with Crippen molar-refractivity contribution in [2.45, 2.75) is 37.6 Å². The number of rotatable bonds is 2. The van der Waals surface area contributed by atoms with Crippen LogP contribution in [0, 0.1) is 5.82 Å². The molecule has 1 aromatic rings. The van der Waals surface area contributed by atoms with Crippen molar-refractivity contribution in [2.24, 2.45) is 0 Å². The Morgan fingerprint density at radius 2 is 2.05 bits per heavy atom. The third-order valence-corrected chi connectivity index (χ3v) is 3.44. The van der Waals surface area contributed by atoms with Gasteiger partial charge in [0.05, 0.1) is 11.2 Å². The number of hydrogen-bond acceptors (Lipinski definition) is 2. The van der Waals surface area contributed by atoms with Gasteiger partial charge in [-0.15, -0.1) is 0 Å². The summed E-state index contributed by atoms with van der Waals surface area (Å²) in [6.07, 6.45) is -4.71. The van der Waals surface area contributed by atoms with Gasteiger partial charge in [0.2, 0.25) is 0 Å². The zero-order valence-electron chi connectivity index (χ0n) is 10.3. The number of aliphatic hydroxyl groups excluding tert-OH is 1. The fraction of sp³-hybridized carbons (Fsp3) is 0.538. The lowest BCUT2D eigenvalue weighted by Gasteiger charge is -2.30. The van der Waals surface area contributed by atoms with Gasteiger partial charge in [-0.25, -0.2) is 4.39 Å². The van der Waals surface area contributed by atoms with Crippen molar-refractivity contribution in [3.05, 3.63) is 35.1 Å². The van der Waals surface area contributed by atoms with E-state index in [4.69, 9.17) is 4.74 Å². The summed E-state index contributed by atoms with van der Waals surface area (Å²) in [5.41, 5.74) is -2.27. The first-order valence-electron chi connectivity index (χ1n) is 5.93. The molecular formula is C13H14F4O2. The zero-order chi connectivity index (χ0) is 14.3. The fourth-order valence-electron chi connectivity index (χ4n) is 2.30. The van der Waals surface area contributed by atoms with Crippen LogP contribution in [0.25, 0.3) is 0 Å². The highest BCUT2D eigenvalue weighted by Crippen LogP contribution is 2.39. The Kier molecular flexibility index (Phi) is 3.57. The summed E-state index contributed by atoms with van der Waals surface area (Å²) in [7, 11) is 0. The first-order chi connectivity index (χ1) is 8.74. The van der Waals surface area contributed by atoms with E-state index in [0.29, 0.717) is 19.1 Å². The number of hydrogen-bond donors (Lipinski definition) is 1. The van der Waals surface area contributed by atoms with E-state index in [1.54, 1.807) is 6.92 Å². The molecule has 0 amide bonds. The van der Waals surface area contributed by atoms with Gasteiger partial charge in [-0.3, -0.25) is 0 Å². The molecule has 1 aliphatic rings. The second-order valence-corrected chi connectivity index (χ2v) is 4.90. The Bertz CT molecular complexity index is 464. The van der Waals surface area contributed by atoms with Crippen LogP contribution in [0.15, 0.2) is 18.2 Å². The van der Waals surface area contributed by atoms with Gasteiger partial charge in [0.15, 0.2) is 0 Å². The van der Waals surface area contributed by atoms with E-state index in [0.717, 1.165) is 18.6 Å². The smallest absolute Gasteiger partial charge is 0.385 e. The van der Waals surface area contributed by atoms with Crippen LogP contribution in [0.3, 0.4) is 0 Å². The lowest BCUT2D eigenvalue weighted by atomic mass is 9.89. The van der Waals surface area contributed by atoms with Crippen LogP contribution < -0.4 is 0 Å². The van der Waals surface area contributed by atoms with Crippen molar-refractivity contribution in [3.8, 4) is 0 Å². The number of benzene rings is 1. The summed E-state index contributed by atoms with van der Waals surface area (Å²) in [6.45, 7) is 2.10. The van der Waals surface area contributed by atoms with E-state index >= 15 is 0 Å². The minimum absolute atomic E-state index is 0.0122. The first-order valence-corrected chi connectivity index (χ1v) is 5.93. The average molecular weight is 278 g/mol. The summed E-state index contributed by atoms with van der Waals surface area (Å²) in [5.74, 6) is -1.35. The van der Waals surface area contributed by atoms with Gasteiger partial charge in [0.25, 0.3) is 0 Å². The zero-order valence-corrected chi connectivity index (χ0v) is 10.3. The molecule has 1 aliphatic heterocycles. The maximum Gasteiger partial charge on any atom is 0.419 e. The van der Waals surface area contributed by atoms with Crippen molar-refractivity contribution in [1.29, 1.82) is 0 Å². The minimum Gasteiger partial charge on any atom is -0.385 e. The van der Waals surface area contributed by atoms with Crippen molar-refractivity contribution in [1.82, 2.24) is 0 Å². The van der Waals surface area contributed by atoms with Gasteiger partial charge in [0, 0.05) is 6.61 Å². The van der Waals surface area contributed by atoms with Gasteiger partial charge < -0.3 is 9.84 Å². The molecule has 1 saturated heterocycles. The molecule has 19 heavy (non-hydrogen) atoms. The van der Waals surface area contributed by atoms with Gasteiger partial charge in [-0.05, 0) is 37.5 Å². The third kappa shape index (κ3) is 2.74. The van der Waals surface area contributed by atoms with E-state index in [-0.39, 0.29) is 5.56 Å². The van der Waals surface area contributed by atoms with Crippen LogP contribution in [0.4, 0.5) is 17.6 Å². The maximum atomic E-state index is 13.2. The Morgan fingerprint density at radius 3 is 2.58 bits per heavy atom. The molecule has 2 atom stereocenters. The molecule has 2 unspecified atom stereocenters. The molecule has 6 heteroatoms. The van der Waals surface area contributed by atoms with Crippen molar-refractivity contribution in [2.75, 3.05) is 6.61 Å². The highest BCUT2D eigenvalue weighted by Gasteiger charge is 2.40. The molecule has 1 heterocycles. The van der Waals surface area contributed by atoms with E-state index in [2.05, 4.69) is 0 Å². The standard InChI is InChI=1S/C13H14F4O2/c1-12(5-2-6-19-12)11(18)8-3-4-10(14)9(7-8)13(15,16)17/h3-4,7,11,18H,2,5-6H2,1H3. The van der Waals surface area contributed by atoms with Crippen LogP contribution in [0.2, 0.25) is 0 Å². The number of halogens is 4.